The molecule has 16 rings (SSSR count). The summed E-state index contributed by atoms with van der Waals surface area (Å²) in [6.45, 7) is 23.8. The van der Waals surface area contributed by atoms with Crippen molar-refractivity contribution in [2.45, 2.75) is 175 Å². The number of benzene rings is 4. The molecule has 10 aliphatic heterocycles. The van der Waals surface area contributed by atoms with Gasteiger partial charge in [-0.25, -0.2) is 8.78 Å². The molecule has 25 heteroatoms. The lowest BCUT2D eigenvalue weighted by atomic mass is 9.69. The summed E-state index contributed by atoms with van der Waals surface area (Å²) < 4.78 is 81.8. The van der Waals surface area contributed by atoms with Gasteiger partial charge in [0.05, 0.1) is 86.2 Å². The average molecular weight is 1610 g/mol. The SMILES string of the molecule is O=C=O.O=C=O.[2H][C@@]12C[C@H](/C(=C\OC)C(=O)CO)[C@H](CC)CN1CC[C@@]1(O)C2=Nc2cc(F)cc(C=O)c21.[2H][C@@]12C[C@H](/C(=C\OC)C(=O)CO)[C@H](CC)CN1CCc1c2[nH]c2cc(F)cc(C=O)c12.[2H][C@@]12C[C@H](/C(C)=C\C)[C@H](CC)CN1CC[C@@]1(O)C2=Nc2cccc(C)c21.[2H][C@@]12C[C@H](/C(C)=C\C)[C@H](CC)CN1CCc1c2[nH]c2cccc(OC)c12. The maximum atomic E-state index is 14.1. The number of aliphatic hydroxyl groups excluding tert-OH is 2. The third kappa shape index (κ3) is 17.2. The van der Waals surface area contributed by atoms with Gasteiger partial charge < -0.3 is 44.6 Å². The van der Waals surface area contributed by atoms with E-state index in [-0.39, 0.29) is 71.0 Å². The van der Waals surface area contributed by atoms with E-state index in [0.29, 0.717) is 115 Å². The van der Waals surface area contributed by atoms with Crippen LogP contribution in [0.1, 0.15) is 197 Å². The normalized spacial score (nSPS) is 30.7. The molecule has 0 unspecified atom stereocenters. The van der Waals surface area contributed by atoms with Crippen LogP contribution in [0.15, 0.2) is 118 Å². The summed E-state index contributed by atoms with van der Waals surface area (Å²) in [5.41, 5.74) is 10.6. The van der Waals surface area contributed by atoms with E-state index in [9.17, 15) is 53.9 Å². The number of aromatic nitrogens is 2. The first-order chi connectivity index (χ1) is 57.8. The van der Waals surface area contributed by atoms with Crippen molar-refractivity contribution in [2.24, 2.45) is 57.3 Å². The number of halogens is 2. The second-order valence-corrected chi connectivity index (χ2v) is 32.0. The Morgan fingerprint density at radius 1 is 0.573 bits per heavy atom. The first-order valence-corrected chi connectivity index (χ1v) is 40.8. The Morgan fingerprint density at radius 2 is 0.991 bits per heavy atom. The van der Waals surface area contributed by atoms with Gasteiger partial charge in [-0.3, -0.25) is 48.8 Å². The maximum absolute atomic E-state index is 14.1. The molecule has 6 fully saturated rings. The third-order valence-corrected chi connectivity index (χ3v) is 26.3. The Labute approximate surface area is 689 Å². The van der Waals surface area contributed by atoms with E-state index < -0.39 is 77.6 Å². The van der Waals surface area contributed by atoms with Crippen LogP contribution < -0.4 is 4.74 Å². The largest absolute Gasteiger partial charge is 0.504 e. The first-order valence-electron chi connectivity index (χ1n) is 42.8. The van der Waals surface area contributed by atoms with Crippen LogP contribution in [0.5, 0.6) is 5.75 Å². The Hall–Kier alpha value is -9.36. The van der Waals surface area contributed by atoms with E-state index in [1.807, 2.05) is 49.1 Å². The summed E-state index contributed by atoms with van der Waals surface area (Å²) in [7, 11) is 4.62. The van der Waals surface area contributed by atoms with Crippen molar-refractivity contribution >= 4 is 81.0 Å². The minimum absolute atomic E-state index is 0.0209. The number of nitrogens with one attached hydrogen (secondary N) is 2. The highest BCUT2D eigenvalue weighted by Crippen LogP contribution is 2.54. The number of aryl methyl sites for hydroxylation is 1. The van der Waals surface area contributed by atoms with E-state index in [4.69, 9.17) is 38.4 Å². The zero-order valence-corrected chi connectivity index (χ0v) is 69.1. The fourth-order valence-corrected chi connectivity index (χ4v) is 20.4. The van der Waals surface area contributed by atoms with Gasteiger partial charge >= 0.3 is 12.3 Å². The van der Waals surface area contributed by atoms with Crippen LogP contribution >= 0.6 is 0 Å². The molecule has 0 spiro atoms. The summed E-state index contributed by atoms with van der Waals surface area (Å²) in [6.07, 6.45) is 17.2. The number of hydrogen-bond acceptors (Lipinski definition) is 21. The lowest BCUT2D eigenvalue weighted by Gasteiger charge is -2.50. The standard InChI is InChI=1S/C23H27FN2O5.C23H27FN2O4.2C22H30N2O.2CO2/c1-3-13-9-26-5-4-23(30)21-14(10-27)6-15(24)7-18(21)25-22(23)19(26)8-16(13)17(12-31-2)20(29)11-28;1-3-13-9-26-5-4-16-22-14(10-27)6-15(24)7-19(22)25-23(16)20(26)8-17(13)18(12-30-2)21(29)11-28;1-5-14(3)17-12-19-22-16(10-11-24(19)13-15(17)6-2)21-18(23-22)8-7-9-20(21)25-4;1-5-14(3)17-12-19-21-22(25,10-11-24(19)13-16(17)6-2)20-15(4)8-7-9-18(20)23-21;2*2-1-3/h6-7,10,12-13,16,19,28,30H,3-5,8-9,11H2,1-2H3;6-7,10,12-13,17,20,25,28H,3-5,8-9,11H2,1-2H3;5,7-9,15,17,19,23H,6,10-13H2,1-4H3;5,7-9,16-17,19,25H,6,10-13H2,1-4H3;;/b17-12+;18-12+;2*14-5-;;/t13-,16+,19+,23+;13-,17+,20+;15-,17-,19+;16-,17-,19+,22+;;/m1111../s1/i19D;20D;2*19D;;. The van der Waals surface area contributed by atoms with Gasteiger partial charge in [0.1, 0.15) is 41.8 Å². The minimum atomic E-state index is -1.66. The van der Waals surface area contributed by atoms with Gasteiger partial charge in [-0.15, -0.1) is 0 Å². The van der Waals surface area contributed by atoms with Crippen LogP contribution in [0, 0.1) is 65.9 Å². The van der Waals surface area contributed by atoms with Gasteiger partial charge in [-0.2, -0.15) is 19.2 Å². The monoisotopic (exact) mass is 1610 g/mol. The number of H-pyrrole nitrogens is 2. The minimum Gasteiger partial charge on any atom is -0.504 e. The number of fused-ring (bicyclic) bond motifs is 20. The van der Waals surface area contributed by atoms with Gasteiger partial charge in [-0.1, -0.05) is 94.9 Å². The molecular formula is C92H114F2N8O15. The van der Waals surface area contributed by atoms with Crippen LogP contribution in [-0.4, -0.2) is 197 Å². The molecule has 0 saturated carbocycles. The van der Waals surface area contributed by atoms with Crippen LogP contribution in [0.2, 0.25) is 0 Å². The number of aldehydes is 2. The average Bonchev–Trinajstić information content (AvgIpc) is 1.57. The number of Topliss-reactive ketones (excluding diaryl/α,β-unsaturated/α-hetero) is 2. The van der Waals surface area contributed by atoms with E-state index >= 15 is 0 Å². The number of ether oxygens (including phenoxy) is 3. The summed E-state index contributed by atoms with van der Waals surface area (Å²) in [5.74, 6) is 0.478. The predicted octanol–water partition coefficient (Wildman–Crippen LogP) is 13.6. The number of piperidine rings is 6. The number of hydrogen-bond donors (Lipinski definition) is 6. The molecule has 23 nitrogen and oxygen atoms in total. The molecule has 626 valence electrons. The maximum Gasteiger partial charge on any atom is 0.373 e. The highest BCUT2D eigenvalue weighted by molar-refractivity contribution is 6.08. The number of rotatable bonds is 17. The van der Waals surface area contributed by atoms with Gasteiger partial charge in [0.15, 0.2) is 24.1 Å². The molecule has 6 saturated heterocycles. The predicted molar refractivity (Wildman–Crippen MR) is 440 cm³/mol. The van der Waals surface area contributed by atoms with Gasteiger partial charge in [0.2, 0.25) is 0 Å². The molecule has 12 heterocycles. The fraction of sp³-hybridized carbons (Fsp3) is 0.522. The van der Waals surface area contributed by atoms with Crippen molar-refractivity contribution in [2.75, 3.05) is 86.9 Å². The molecule has 4 aromatic carbocycles. The number of nitrogens with zero attached hydrogens (tertiary/aromatic N) is 6. The smallest absolute Gasteiger partial charge is 0.373 e. The van der Waals surface area contributed by atoms with Crippen molar-refractivity contribution < 1.29 is 87.3 Å². The van der Waals surface area contributed by atoms with Gasteiger partial charge in [0, 0.05) is 119 Å². The quantitative estimate of drug-likeness (QED) is 0.0214. The van der Waals surface area contributed by atoms with Crippen molar-refractivity contribution in [3.8, 4) is 5.75 Å². The summed E-state index contributed by atoms with van der Waals surface area (Å²) in [4.78, 5) is 106. The number of aliphatic imine (C=N–C) groups is 2. The van der Waals surface area contributed by atoms with E-state index in [1.54, 1.807) is 7.11 Å². The number of aliphatic hydroxyl groups is 4. The number of aromatic amines is 2. The molecular weight excluding hydrogens is 1500 g/mol. The zero-order chi connectivity index (χ0) is 88.2. The van der Waals surface area contributed by atoms with Crippen molar-refractivity contribution in [3.63, 3.8) is 0 Å². The van der Waals surface area contributed by atoms with Crippen LogP contribution in [0.4, 0.5) is 20.2 Å². The topological polar surface area (TPSA) is 314 Å². The molecule has 14 atom stereocenters. The summed E-state index contributed by atoms with van der Waals surface area (Å²) in [5, 5.41) is 44.1. The van der Waals surface area contributed by atoms with E-state index in [2.05, 4.69) is 96.3 Å². The number of carbonyl (C=O) groups is 4. The number of methoxy groups -OCH3 is 3. The van der Waals surface area contributed by atoms with Gasteiger partial charge in [0.25, 0.3) is 0 Å². The van der Waals surface area contributed by atoms with Crippen molar-refractivity contribution in [1.82, 2.24) is 29.6 Å². The van der Waals surface area contributed by atoms with Gasteiger partial charge in [-0.05, 0) is 192 Å². The second-order valence-electron chi connectivity index (χ2n) is 32.0. The lowest BCUT2D eigenvalue weighted by Crippen LogP contribution is -2.60. The van der Waals surface area contributed by atoms with Crippen molar-refractivity contribution in [3.05, 3.63) is 170 Å². The molecule has 117 heavy (non-hydrogen) atoms. The molecule has 0 radical (unpaired) electrons. The third-order valence-electron chi connectivity index (χ3n) is 26.3. The molecule has 0 amide bonds. The van der Waals surface area contributed by atoms with Crippen LogP contribution in [-0.2, 0) is 62.3 Å². The second kappa shape index (κ2) is 38.6. The Balaban J connectivity index is 0.000000155. The fourth-order valence-electron chi connectivity index (χ4n) is 20.4. The first kappa shape index (κ1) is 82.7. The molecule has 2 aromatic heterocycles. The summed E-state index contributed by atoms with van der Waals surface area (Å²) in [6, 6.07) is 12.8. The highest BCUT2D eigenvalue weighted by atomic mass is 19.1. The number of carbonyl (C=O) groups excluding carboxylic acids is 8. The molecule has 0 aliphatic carbocycles. The zero-order valence-electron chi connectivity index (χ0n) is 73.1. The highest BCUT2D eigenvalue weighted by Gasteiger charge is 2.56. The Bertz CT molecular complexity index is 5180. The lowest BCUT2D eigenvalue weighted by molar-refractivity contribution is -0.193. The van der Waals surface area contributed by atoms with Crippen LogP contribution in [0.3, 0.4) is 0 Å². The van der Waals surface area contributed by atoms with E-state index in [1.165, 1.54) is 73.5 Å². The van der Waals surface area contributed by atoms with Crippen LogP contribution in [0.25, 0.3) is 21.8 Å². The molecule has 10 aliphatic rings. The Kier molecular flexibility index (Phi) is 27.3. The Morgan fingerprint density at radius 3 is 1.46 bits per heavy atom. The summed E-state index contributed by atoms with van der Waals surface area (Å²) >= 11 is 0. The number of allylic oxidation sites excluding steroid dienone is 4. The molecule has 6 aromatic rings. The van der Waals surface area contributed by atoms with E-state index in [0.717, 1.165) is 110 Å². The van der Waals surface area contributed by atoms with Crippen molar-refractivity contribution in [1.29, 1.82) is 0 Å². The molecule has 6 N–H and O–H groups in total. The number of ketones is 2. The molecule has 0 bridgehead atoms.